The lowest BCUT2D eigenvalue weighted by Crippen LogP contribution is -2.05. The van der Waals surface area contributed by atoms with Crippen molar-refractivity contribution in [1.29, 1.82) is 0 Å². The monoisotopic (exact) mass is 263 g/mol. The summed E-state index contributed by atoms with van der Waals surface area (Å²) in [5.74, 6) is -0.449. The van der Waals surface area contributed by atoms with E-state index >= 15 is 0 Å². The van der Waals surface area contributed by atoms with Gasteiger partial charge in [-0.3, -0.25) is 9.36 Å². The lowest BCUT2D eigenvalue weighted by atomic mass is 10.2. The maximum atomic E-state index is 10.7. The predicted molar refractivity (Wildman–Crippen MR) is 79.3 cm³/mol. The van der Waals surface area contributed by atoms with E-state index in [-0.39, 0.29) is 0 Å². The Hall–Kier alpha value is -2.88. The number of primary amides is 1. The van der Waals surface area contributed by atoms with Gasteiger partial charge in [-0.1, -0.05) is 24.3 Å². The Morgan fingerprint density at radius 3 is 2.60 bits per heavy atom. The predicted octanol–water partition coefficient (Wildman–Crippen LogP) is 2.52. The summed E-state index contributed by atoms with van der Waals surface area (Å²) >= 11 is 0. The van der Waals surface area contributed by atoms with Crippen LogP contribution in [0.1, 0.15) is 5.56 Å². The molecule has 4 heteroatoms. The van der Waals surface area contributed by atoms with Crippen LogP contribution in [0.2, 0.25) is 0 Å². The first kappa shape index (κ1) is 12.2. The summed E-state index contributed by atoms with van der Waals surface area (Å²) in [5.41, 5.74) is 9.05. The number of fused-ring (bicyclic) bond motifs is 1. The van der Waals surface area contributed by atoms with Crippen LogP contribution >= 0.6 is 0 Å². The van der Waals surface area contributed by atoms with Gasteiger partial charge in [-0.15, -0.1) is 0 Å². The van der Waals surface area contributed by atoms with E-state index in [1.807, 2.05) is 53.1 Å². The number of nitrogens with two attached hydrogens (primary N) is 1. The van der Waals surface area contributed by atoms with Gasteiger partial charge in [-0.05, 0) is 35.9 Å². The van der Waals surface area contributed by atoms with Gasteiger partial charge in [0.15, 0.2) is 0 Å². The lowest BCUT2D eigenvalue weighted by Gasteiger charge is -2.04. The minimum absolute atomic E-state index is 0.449. The normalized spacial score (nSPS) is 11.2. The Morgan fingerprint density at radius 2 is 1.85 bits per heavy atom. The Bertz CT molecular complexity index is 785. The van der Waals surface area contributed by atoms with Crippen LogP contribution in [0.3, 0.4) is 0 Å². The van der Waals surface area contributed by atoms with Crippen molar-refractivity contribution in [2.24, 2.45) is 5.73 Å². The highest BCUT2D eigenvalue weighted by Crippen LogP contribution is 2.18. The van der Waals surface area contributed by atoms with Crippen LogP contribution in [0.5, 0.6) is 0 Å². The fourth-order valence-electron chi connectivity index (χ4n) is 2.09. The molecule has 0 aliphatic carbocycles. The molecule has 2 aromatic carbocycles. The molecule has 3 aromatic rings. The molecular weight excluding hydrogens is 250 g/mol. The van der Waals surface area contributed by atoms with E-state index in [4.69, 9.17) is 5.73 Å². The molecule has 0 atom stereocenters. The zero-order chi connectivity index (χ0) is 13.9. The molecule has 0 unspecified atom stereocenters. The van der Waals surface area contributed by atoms with Gasteiger partial charge in [-0.25, -0.2) is 4.98 Å². The Labute approximate surface area is 116 Å². The number of imidazole rings is 1. The number of amides is 1. The average molecular weight is 263 g/mol. The van der Waals surface area contributed by atoms with E-state index in [9.17, 15) is 4.79 Å². The van der Waals surface area contributed by atoms with Gasteiger partial charge in [-0.2, -0.15) is 0 Å². The highest BCUT2D eigenvalue weighted by molar-refractivity contribution is 5.90. The van der Waals surface area contributed by atoms with Crippen molar-refractivity contribution in [3.05, 3.63) is 66.5 Å². The van der Waals surface area contributed by atoms with Gasteiger partial charge >= 0.3 is 0 Å². The van der Waals surface area contributed by atoms with Crippen molar-refractivity contribution in [1.82, 2.24) is 9.55 Å². The molecule has 2 N–H and O–H groups in total. The zero-order valence-electron chi connectivity index (χ0n) is 10.7. The molecule has 0 aliphatic heterocycles. The summed E-state index contributed by atoms with van der Waals surface area (Å²) in [4.78, 5) is 15.1. The number of hydrogen-bond acceptors (Lipinski definition) is 2. The van der Waals surface area contributed by atoms with E-state index < -0.39 is 5.91 Å². The Kier molecular flexibility index (Phi) is 3.05. The summed E-state index contributed by atoms with van der Waals surface area (Å²) in [6.45, 7) is 0. The van der Waals surface area contributed by atoms with Crippen LogP contribution in [-0.4, -0.2) is 15.5 Å². The van der Waals surface area contributed by atoms with Crippen molar-refractivity contribution < 1.29 is 4.79 Å². The largest absolute Gasteiger partial charge is 0.366 e. The number of rotatable bonds is 3. The van der Waals surface area contributed by atoms with Crippen LogP contribution in [0.25, 0.3) is 22.8 Å². The molecule has 0 saturated heterocycles. The van der Waals surface area contributed by atoms with E-state index in [1.54, 1.807) is 12.4 Å². The molecule has 0 saturated carbocycles. The maximum absolute atomic E-state index is 10.7. The van der Waals surface area contributed by atoms with Crippen LogP contribution in [0, 0.1) is 0 Å². The van der Waals surface area contributed by atoms with E-state index in [0.29, 0.717) is 0 Å². The summed E-state index contributed by atoms with van der Waals surface area (Å²) in [6.07, 6.45) is 4.85. The molecule has 1 aromatic heterocycles. The molecule has 0 aliphatic rings. The fourth-order valence-corrected chi connectivity index (χ4v) is 2.09. The molecule has 1 amide bonds. The van der Waals surface area contributed by atoms with Gasteiger partial charge < -0.3 is 5.73 Å². The maximum Gasteiger partial charge on any atom is 0.241 e. The van der Waals surface area contributed by atoms with E-state index in [1.165, 1.54) is 6.08 Å². The lowest BCUT2D eigenvalue weighted by molar-refractivity contribution is -0.113. The molecule has 0 spiro atoms. The van der Waals surface area contributed by atoms with Crippen LogP contribution < -0.4 is 5.73 Å². The molecule has 0 bridgehead atoms. The first-order chi connectivity index (χ1) is 9.74. The summed E-state index contributed by atoms with van der Waals surface area (Å²) in [6, 6.07) is 15.8. The van der Waals surface area contributed by atoms with E-state index in [0.717, 1.165) is 22.3 Å². The second-order valence-electron chi connectivity index (χ2n) is 4.43. The van der Waals surface area contributed by atoms with Gasteiger partial charge in [0.1, 0.15) is 6.33 Å². The minimum atomic E-state index is -0.449. The fraction of sp³-hybridized carbons (Fsp3) is 0. The standard InChI is InChI=1S/C16H13N3O/c17-16(20)10-7-12-5-8-13(9-6-12)19-11-18-14-3-1-2-4-15(14)19/h1-11H,(H2,17,20)/b10-7-. The second kappa shape index (κ2) is 5.01. The number of benzene rings is 2. The third-order valence-electron chi connectivity index (χ3n) is 3.06. The third-order valence-corrected chi connectivity index (χ3v) is 3.06. The van der Waals surface area contributed by atoms with Crippen LogP contribution in [0.4, 0.5) is 0 Å². The molecule has 1 heterocycles. The molecule has 3 rings (SSSR count). The van der Waals surface area contributed by atoms with Gasteiger partial charge in [0.05, 0.1) is 11.0 Å². The second-order valence-corrected chi connectivity index (χ2v) is 4.43. The van der Waals surface area contributed by atoms with Crippen molar-refractivity contribution >= 4 is 23.0 Å². The van der Waals surface area contributed by atoms with Crippen LogP contribution in [0.15, 0.2) is 60.9 Å². The van der Waals surface area contributed by atoms with Crippen molar-refractivity contribution in [3.63, 3.8) is 0 Å². The van der Waals surface area contributed by atoms with E-state index in [2.05, 4.69) is 4.98 Å². The Balaban J connectivity index is 1.97. The van der Waals surface area contributed by atoms with Gasteiger partial charge in [0.2, 0.25) is 5.91 Å². The topological polar surface area (TPSA) is 60.9 Å². The van der Waals surface area contributed by atoms with Crippen molar-refractivity contribution in [2.75, 3.05) is 0 Å². The summed E-state index contributed by atoms with van der Waals surface area (Å²) in [5, 5.41) is 0. The number of aromatic nitrogens is 2. The Morgan fingerprint density at radius 1 is 1.10 bits per heavy atom. The number of nitrogens with zero attached hydrogens (tertiary/aromatic N) is 2. The number of carbonyl (C=O) groups is 1. The smallest absolute Gasteiger partial charge is 0.241 e. The zero-order valence-corrected chi connectivity index (χ0v) is 10.7. The van der Waals surface area contributed by atoms with Crippen molar-refractivity contribution in [2.45, 2.75) is 0 Å². The highest BCUT2D eigenvalue weighted by Gasteiger charge is 2.03. The molecule has 0 fully saturated rings. The van der Waals surface area contributed by atoms with Gasteiger partial charge in [0, 0.05) is 11.8 Å². The average Bonchev–Trinajstić information content (AvgIpc) is 2.89. The third kappa shape index (κ3) is 2.31. The van der Waals surface area contributed by atoms with Crippen LogP contribution in [-0.2, 0) is 4.79 Å². The quantitative estimate of drug-likeness (QED) is 0.738. The minimum Gasteiger partial charge on any atom is -0.366 e. The van der Waals surface area contributed by atoms with Gasteiger partial charge in [0.25, 0.3) is 0 Å². The molecular formula is C16H13N3O. The SMILES string of the molecule is NC(=O)/C=C\c1ccc(-n2cnc3ccccc32)cc1. The molecule has 4 nitrogen and oxygen atoms in total. The number of hydrogen-bond donors (Lipinski definition) is 1. The number of para-hydroxylation sites is 2. The first-order valence-electron chi connectivity index (χ1n) is 6.24. The summed E-state index contributed by atoms with van der Waals surface area (Å²) < 4.78 is 2.02. The molecule has 98 valence electrons. The van der Waals surface area contributed by atoms with Crippen molar-refractivity contribution in [3.8, 4) is 5.69 Å². The first-order valence-corrected chi connectivity index (χ1v) is 6.24. The summed E-state index contributed by atoms with van der Waals surface area (Å²) in [7, 11) is 0. The molecule has 20 heavy (non-hydrogen) atoms. The highest BCUT2D eigenvalue weighted by atomic mass is 16.1. The number of carbonyl (C=O) groups excluding carboxylic acids is 1. The molecule has 0 radical (unpaired) electrons.